The van der Waals surface area contributed by atoms with Gasteiger partial charge in [0.15, 0.2) is 11.9 Å². The number of carbonyl (C=O) groups is 4. The van der Waals surface area contributed by atoms with Crippen LogP contribution in [0.3, 0.4) is 0 Å². The molecule has 162 valence electrons. The van der Waals surface area contributed by atoms with E-state index in [0.717, 1.165) is 12.8 Å². The number of Topliss-reactive ketones (excluding diaryl/α,β-unsaturated/α-hetero) is 1. The Kier molecular flexibility index (Phi) is 7.18. The fraction of sp³-hybridized carbons (Fsp3) is 0.333. The van der Waals surface area contributed by atoms with E-state index in [0.29, 0.717) is 16.9 Å². The zero-order valence-corrected chi connectivity index (χ0v) is 17.7. The van der Waals surface area contributed by atoms with E-state index >= 15 is 0 Å². The maximum Gasteiger partial charge on any atom is 0.307 e. The largest absolute Gasteiger partial charge is 0.453 e. The second-order valence-electron chi connectivity index (χ2n) is 7.49. The topological polar surface area (TPSA) is 92.8 Å². The second-order valence-corrected chi connectivity index (χ2v) is 7.49. The summed E-state index contributed by atoms with van der Waals surface area (Å²) < 4.78 is 5.24. The number of hydrogen-bond acceptors (Lipinski definition) is 5. The Morgan fingerprint density at radius 1 is 1.06 bits per heavy atom. The van der Waals surface area contributed by atoms with Gasteiger partial charge in [-0.05, 0) is 31.0 Å². The van der Waals surface area contributed by atoms with Crippen molar-refractivity contribution in [3.05, 3.63) is 59.7 Å². The summed E-state index contributed by atoms with van der Waals surface area (Å²) in [6.45, 7) is 3.41. The van der Waals surface area contributed by atoms with Crippen LogP contribution in [-0.4, -0.2) is 36.2 Å². The number of carbonyl (C=O) groups excluding carboxylic acids is 4. The molecule has 0 spiro atoms. The first-order valence-corrected chi connectivity index (χ1v) is 10.4. The lowest BCUT2D eigenvalue weighted by molar-refractivity contribution is -0.153. The number of nitrogens with one attached hydrogen (secondary N) is 1. The van der Waals surface area contributed by atoms with E-state index in [1.165, 1.54) is 17.4 Å². The number of hydrogen-bond donors (Lipinski definition) is 1. The summed E-state index contributed by atoms with van der Waals surface area (Å²) in [4.78, 5) is 50.5. The van der Waals surface area contributed by atoms with Crippen LogP contribution < -0.4 is 10.2 Å². The van der Waals surface area contributed by atoms with Crippen molar-refractivity contribution in [3.63, 3.8) is 0 Å². The van der Waals surface area contributed by atoms with Crippen molar-refractivity contribution < 1.29 is 23.9 Å². The number of ether oxygens (including phenoxy) is 1. The molecular weight excluding hydrogens is 396 g/mol. The normalized spacial score (nSPS) is 13.7. The Bertz CT molecular complexity index is 984. The van der Waals surface area contributed by atoms with Crippen LogP contribution in [-0.2, 0) is 25.5 Å². The van der Waals surface area contributed by atoms with E-state index in [2.05, 4.69) is 12.2 Å². The minimum Gasteiger partial charge on any atom is -0.453 e. The summed E-state index contributed by atoms with van der Waals surface area (Å²) in [6, 6.07) is 14.3. The molecule has 1 aliphatic rings. The van der Waals surface area contributed by atoms with Gasteiger partial charge in [-0.15, -0.1) is 0 Å². The van der Waals surface area contributed by atoms with Crippen molar-refractivity contribution in [1.82, 2.24) is 0 Å². The first-order valence-electron chi connectivity index (χ1n) is 10.4. The lowest BCUT2D eigenvalue weighted by Gasteiger charge is -2.30. The number of rotatable bonds is 8. The third-order valence-corrected chi connectivity index (χ3v) is 5.06. The van der Waals surface area contributed by atoms with Crippen molar-refractivity contribution in [2.24, 2.45) is 0 Å². The van der Waals surface area contributed by atoms with Gasteiger partial charge in [-0.1, -0.05) is 49.7 Å². The summed E-state index contributed by atoms with van der Waals surface area (Å²) >= 11 is 0. The fourth-order valence-electron chi connectivity index (χ4n) is 3.46. The third kappa shape index (κ3) is 5.57. The smallest absolute Gasteiger partial charge is 0.307 e. The second kappa shape index (κ2) is 10.0. The maximum absolute atomic E-state index is 12.8. The Labute approximate surface area is 181 Å². The Morgan fingerprint density at radius 2 is 1.77 bits per heavy atom. The molecule has 1 atom stereocenters. The number of benzene rings is 2. The zero-order valence-electron chi connectivity index (χ0n) is 17.7. The predicted octanol–water partition coefficient (Wildman–Crippen LogP) is 3.52. The van der Waals surface area contributed by atoms with Gasteiger partial charge in [0, 0.05) is 12.0 Å². The Balaban J connectivity index is 1.54. The number of aryl methyl sites for hydroxylation is 1. The van der Waals surface area contributed by atoms with Gasteiger partial charge in [0.1, 0.15) is 6.54 Å². The van der Waals surface area contributed by atoms with Gasteiger partial charge in [0.05, 0.1) is 17.8 Å². The molecule has 0 saturated carbocycles. The lowest BCUT2D eigenvalue weighted by Crippen LogP contribution is -2.47. The molecule has 0 bridgehead atoms. The molecule has 2 aromatic carbocycles. The summed E-state index contributed by atoms with van der Waals surface area (Å²) in [7, 11) is 0. The average Bonchev–Trinajstić information content (AvgIpc) is 2.77. The quantitative estimate of drug-likeness (QED) is 0.519. The van der Waals surface area contributed by atoms with Crippen molar-refractivity contribution in [1.29, 1.82) is 0 Å². The van der Waals surface area contributed by atoms with Gasteiger partial charge < -0.3 is 10.1 Å². The highest BCUT2D eigenvalue weighted by Crippen LogP contribution is 2.29. The molecule has 7 nitrogen and oxygen atoms in total. The number of ketones is 1. The number of para-hydroxylation sites is 2. The van der Waals surface area contributed by atoms with Gasteiger partial charge in [-0.25, -0.2) is 0 Å². The SMILES string of the molecule is CCCc1ccc(C(=O)CCC(=O)O[C@H](C)C(=O)N2CC(=O)Nc3ccccc32)cc1. The summed E-state index contributed by atoms with van der Waals surface area (Å²) in [5, 5.41) is 2.71. The van der Waals surface area contributed by atoms with Crippen molar-refractivity contribution >= 4 is 34.9 Å². The van der Waals surface area contributed by atoms with Crippen LogP contribution in [0.5, 0.6) is 0 Å². The van der Waals surface area contributed by atoms with Gasteiger partial charge in [-0.3, -0.25) is 24.1 Å². The van der Waals surface area contributed by atoms with Crippen LogP contribution in [0.1, 0.15) is 49.0 Å². The summed E-state index contributed by atoms with van der Waals surface area (Å²) in [5.74, 6) is -1.60. The molecule has 1 heterocycles. The molecule has 0 saturated heterocycles. The molecule has 0 aliphatic carbocycles. The van der Waals surface area contributed by atoms with Crippen molar-refractivity contribution in [2.75, 3.05) is 16.8 Å². The first kappa shape index (κ1) is 22.2. The standard InChI is InChI=1S/C24H26N2O5/c1-3-6-17-9-11-18(12-10-17)21(27)13-14-23(29)31-16(2)24(30)26-15-22(28)25-19-7-4-5-8-20(19)26/h4-5,7-12,16H,3,6,13-15H2,1-2H3,(H,25,28)/t16-/m1/s1. The minimum absolute atomic E-state index is 0.00181. The van der Waals surface area contributed by atoms with E-state index in [-0.39, 0.29) is 31.1 Å². The van der Waals surface area contributed by atoms with Gasteiger partial charge in [-0.2, -0.15) is 0 Å². The number of esters is 1. The Hall–Kier alpha value is -3.48. The number of anilines is 2. The molecule has 2 amide bonds. The van der Waals surface area contributed by atoms with Gasteiger partial charge in [0.2, 0.25) is 5.91 Å². The van der Waals surface area contributed by atoms with Crippen LogP contribution in [0.4, 0.5) is 11.4 Å². The summed E-state index contributed by atoms with van der Waals surface area (Å²) in [5.41, 5.74) is 2.80. The molecule has 0 fully saturated rings. The van der Waals surface area contributed by atoms with Crippen LogP contribution in [0.25, 0.3) is 0 Å². The molecule has 1 aliphatic heterocycles. The Morgan fingerprint density at radius 3 is 2.48 bits per heavy atom. The molecule has 3 rings (SSSR count). The minimum atomic E-state index is -1.07. The van der Waals surface area contributed by atoms with Gasteiger partial charge in [0.25, 0.3) is 5.91 Å². The molecule has 2 aromatic rings. The van der Waals surface area contributed by atoms with E-state index in [4.69, 9.17) is 4.74 Å². The van der Waals surface area contributed by atoms with E-state index in [9.17, 15) is 19.2 Å². The molecule has 0 unspecified atom stereocenters. The first-order chi connectivity index (χ1) is 14.9. The molecule has 31 heavy (non-hydrogen) atoms. The van der Waals surface area contributed by atoms with E-state index in [1.807, 2.05) is 12.1 Å². The fourth-order valence-corrected chi connectivity index (χ4v) is 3.46. The summed E-state index contributed by atoms with van der Waals surface area (Å²) in [6.07, 6.45) is 0.793. The molecule has 1 N–H and O–H groups in total. The average molecular weight is 422 g/mol. The molecule has 7 heteroatoms. The van der Waals surface area contributed by atoms with Crippen LogP contribution in [0.2, 0.25) is 0 Å². The maximum atomic E-state index is 12.8. The van der Waals surface area contributed by atoms with Crippen LogP contribution in [0, 0.1) is 0 Å². The van der Waals surface area contributed by atoms with E-state index in [1.54, 1.807) is 36.4 Å². The third-order valence-electron chi connectivity index (χ3n) is 5.06. The van der Waals surface area contributed by atoms with Crippen LogP contribution in [0.15, 0.2) is 48.5 Å². The van der Waals surface area contributed by atoms with Crippen molar-refractivity contribution in [3.8, 4) is 0 Å². The molecule has 0 radical (unpaired) electrons. The number of amides is 2. The monoisotopic (exact) mass is 422 g/mol. The highest BCUT2D eigenvalue weighted by molar-refractivity contribution is 6.11. The number of nitrogens with zero attached hydrogens (tertiary/aromatic N) is 1. The highest BCUT2D eigenvalue weighted by Gasteiger charge is 2.31. The lowest BCUT2D eigenvalue weighted by atomic mass is 10.0. The molecule has 0 aromatic heterocycles. The van der Waals surface area contributed by atoms with Gasteiger partial charge >= 0.3 is 5.97 Å². The number of fused-ring (bicyclic) bond motifs is 1. The molecular formula is C24H26N2O5. The highest BCUT2D eigenvalue weighted by atomic mass is 16.5. The van der Waals surface area contributed by atoms with Crippen molar-refractivity contribution in [2.45, 2.75) is 45.6 Å². The predicted molar refractivity (Wildman–Crippen MR) is 117 cm³/mol. The van der Waals surface area contributed by atoms with E-state index < -0.39 is 18.0 Å². The zero-order chi connectivity index (χ0) is 22.4. The van der Waals surface area contributed by atoms with Crippen LogP contribution >= 0.6 is 0 Å².